The Morgan fingerprint density at radius 3 is 2.39 bits per heavy atom. The highest BCUT2D eigenvalue weighted by molar-refractivity contribution is 5.78. The van der Waals surface area contributed by atoms with E-state index in [1.807, 2.05) is 59.5 Å². The van der Waals surface area contributed by atoms with E-state index in [0.717, 1.165) is 35.2 Å². The molecule has 1 aliphatic rings. The molecule has 1 N–H and O–H groups in total. The van der Waals surface area contributed by atoms with Gasteiger partial charge in [-0.2, -0.15) is 0 Å². The fraction of sp³-hybridized carbons (Fsp3) is 0.259. The van der Waals surface area contributed by atoms with Crippen LogP contribution in [-0.2, 0) is 17.9 Å². The largest absolute Gasteiger partial charge is 0.338 e. The minimum atomic E-state index is -0.348. The molecule has 3 aromatic carbocycles. The monoisotopic (exact) mass is 445 g/mol. The summed E-state index contributed by atoms with van der Waals surface area (Å²) in [6.45, 7) is 1.77. The zero-order valence-electron chi connectivity index (χ0n) is 18.7. The first-order valence-corrected chi connectivity index (χ1v) is 11.2. The van der Waals surface area contributed by atoms with Gasteiger partial charge in [0.05, 0.1) is 6.04 Å². The van der Waals surface area contributed by atoms with Gasteiger partial charge < -0.3 is 15.1 Å². The van der Waals surface area contributed by atoms with Gasteiger partial charge in [0, 0.05) is 33.1 Å². The number of urea groups is 1. The summed E-state index contributed by atoms with van der Waals surface area (Å²) in [5.74, 6) is -0.115. The first-order chi connectivity index (χ1) is 16.0. The number of halogens is 1. The van der Waals surface area contributed by atoms with Crippen molar-refractivity contribution in [3.63, 3.8) is 0 Å². The van der Waals surface area contributed by atoms with Gasteiger partial charge in [0.1, 0.15) is 5.82 Å². The van der Waals surface area contributed by atoms with Gasteiger partial charge in [-0.3, -0.25) is 4.79 Å². The molecule has 3 amide bonds. The van der Waals surface area contributed by atoms with Crippen molar-refractivity contribution >= 4 is 11.9 Å². The van der Waals surface area contributed by atoms with Crippen molar-refractivity contribution in [2.45, 2.75) is 32.0 Å². The number of nitrogens with zero attached hydrogens (tertiary/aromatic N) is 2. The summed E-state index contributed by atoms with van der Waals surface area (Å²) in [5.41, 5.74) is 3.80. The van der Waals surface area contributed by atoms with Crippen molar-refractivity contribution in [1.82, 2.24) is 15.1 Å². The van der Waals surface area contributed by atoms with E-state index < -0.39 is 0 Å². The highest BCUT2D eigenvalue weighted by Gasteiger charge is 2.24. The highest BCUT2D eigenvalue weighted by atomic mass is 19.1. The fourth-order valence-electron chi connectivity index (χ4n) is 4.27. The lowest BCUT2D eigenvalue weighted by Crippen LogP contribution is -2.39. The van der Waals surface area contributed by atoms with Gasteiger partial charge in [-0.1, -0.05) is 66.7 Å². The Morgan fingerprint density at radius 1 is 1.00 bits per heavy atom. The Labute approximate surface area is 193 Å². The summed E-state index contributed by atoms with van der Waals surface area (Å²) < 4.78 is 13.5. The summed E-state index contributed by atoms with van der Waals surface area (Å²) in [6.07, 6.45) is 1.54. The minimum absolute atomic E-state index is 0.197. The third-order valence-electron chi connectivity index (χ3n) is 5.99. The van der Waals surface area contributed by atoms with Crippen LogP contribution in [0.25, 0.3) is 0 Å². The lowest BCUT2D eigenvalue weighted by Gasteiger charge is -2.29. The SMILES string of the molecule is CN(C(=O)NCc1cccc(CN2CCCC2=O)c1)C(c1ccccc1)c1ccc(F)cc1. The number of hydrogen-bond acceptors (Lipinski definition) is 2. The van der Waals surface area contributed by atoms with Crippen LogP contribution < -0.4 is 5.32 Å². The number of carbonyl (C=O) groups is 2. The van der Waals surface area contributed by atoms with Gasteiger partial charge in [-0.25, -0.2) is 9.18 Å². The van der Waals surface area contributed by atoms with Crippen molar-refractivity contribution in [3.8, 4) is 0 Å². The molecule has 6 heteroatoms. The van der Waals surface area contributed by atoms with Crippen LogP contribution in [0.4, 0.5) is 9.18 Å². The maximum absolute atomic E-state index is 13.5. The maximum atomic E-state index is 13.5. The number of hydrogen-bond donors (Lipinski definition) is 1. The average molecular weight is 446 g/mol. The Hall–Kier alpha value is -3.67. The van der Waals surface area contributed by atoms with E-state index in [1.54, 1.807) is 24.1 Å². The van der Waals surface area contributed by atoms with E-state index in [9.17, 15) is 14.0 Å². The normalized spacial score (nSPS) is 14.2. The third-order valence-corrected chi connectivity index (χ3v) is 5.99. The summed E-state index contributed by atoms with van der Waals surface area (Å²) in [4.78, 5) is 28.5. The molecule has 3 aromatic rings. The first kappa shape index (κ1) is 22.5. The smallest absolute Gasteiger partial charge is 0.318 e. The molecule has 1 heterocycles. The van der Waals surface area contributed by atoms with Gasteiger partial charge in [0.15, 0.2) is 0 Å². The molecule has 1 fully saturated rings. The molecule has 0 bridgehead atoms. The topological polar surface area (TPSA) is 52.7 Å². The van der Waals surface area contributed by atoms with Crippen LogP contribution in [-0.4, -0.2) is 35.3 Å². The predicted octanol–water partition coefficient (Wildman–Crippen LogP) is 4.88. The molecule has 0 spiro atoms. The van der Waals surface area contributed by atoms with E-state index in [0.29, 0.717) is 19.5 Å². The summed E-state index contributed by atoms with van der Waals surface area (Å²) in [7, 11) is 1.74. The van der Waals surface area contributed by atoms with E-state index >= 15 is 0 Å². The summed E-state index contributed by atoms with van der Waals surface area (Å²) >= 11 is 0. The van der Waals surface area contributed by atoms with Gasteiger partial charge in [0.25, 0.3) is 0 Å². The molecule has 5 nitrogen and oxygen atoms in total. The van der Waals surface area contributed by atoms with Crippen LogP contribution in [0.1, 0.15) is 41.1 Å². The number of amides is 3. The summed E-state index contributed by atoms with van der Waals surface area (Å²) in [6, 6.07) is 23.3. The quantitative estimate of drug-likeness (QED) is 0.564. The van der Waals surface area contributed by atoms with Gasteiger partial charge >= 0.3 is 6.03 Å². The summed E-state index contributed by atoms with van der Waals surface area (Å²) in [5, 5.41) is 2.99. The number of nitrogens with one attached hydrogen (secondary N) is 1. The second kappa shape index (κ2) is 10.3. The first-order valence-electron chi connectivity index (χ1n) is 11.2. The maximum Gasteiger partial charge on any atom is 0.318 e. The van der Waals surface area contributed by atoms with Gasteiger partial charge in [0.2, 0.25) is 5.91 Å². The van der Waals surface area contributed by atoms with Crippen LogP contribution in [0.5, 0.6) is 0 Å². The minimum Gasteiger partial charge on any atom is -0.338 e. The molecule has 1 unspecified atom stereocenters. The van der Waals surface area contributed by atoms with E-state index in [2.05, 4.69) is 5.32 Å². The van der Waals surface area contributed by atoms with Crippen LogP contribution in [0.15, 0.2) is 78.9 Å². The molecule has 170 valence electrons. The molecule has 1 atom stereocenters. The van der Waals surface area contributed by atoms with Crippen molar-refractivity contribution in [3.05, 3.63) is 107 Å². The molecule has 0 saturated carbocycles. The van der Waals surface area contributed by atoms with E-state index in [1.165, 1.54) is 12.1 Å². The molecule has 1 aliphatic heterocycles. The molecule has 4 rings (SSSR count). The molecular weight excluding hydrogens is 417 g/mol. The number of rotatable bonds is 7. The van der Waals surface area contributed by atoms with Crippen molar-refractivity contribution in [2.75, 3.05) is 13.6 Å². The van der Waals surface area contributed by atoms with E-state index in [-0.39, 0.29) is 23.8 Å². The lowest BCUT2D eigenvalue weighted by molar-refractivity contribution is -0.128. The number of carbonyl (C=O) groups excluding carboxylic acids is 2. The zero-order valence-corrected chi connectivity index (χ0v) is 18.7. The van der Waals surface area contributed by atoms with Crippen LogP contribution in [0.2, 0.25) is 0 Å². The molecule has 0 radical (unpaired) electrons. The van der Waals surface area contributed by atoms with Gasteiger partial charge in [-0.15, -0.1) is 0 Å². The second-order valence-electron chi connectivity index (χ2n) is 8.37. The molecule has 1 saturated heterocycles. The third kappa shape index (κ3) is 5.58. The number of benzene rings is 3. The Bertz CT molecular complexity index is 1100. The van der Waals surface area contributed by atoms with Crippen molar-refractivity contribution in [2.24, 2.45) is 0 Å². The number of likely N-dealkylation sites (tertiary alicyclic amines) is 1. The average Bonchev–Trinajstić information content (AvgIpc) is 3.24. The predicted molar refractivity (Wildman–Crippen MR) is 126 cm³/mol. The standard InChI is InChI=1S/C27H28FN3O2/c1-30(26(22-9-3-2-4-10-22)23-12-14-24(28)15-13-23)27(33)29-18-20-7-5-8-21(17-20)19-31-16-6-11-25(31)32/h2-5,7-10,12-15,17,26H,6,11,16,18-19H2,1H3,(H,29,33). The molecule has 0 aliphatic carbocycles. The molecule has 0 aromatic heterocycles. The van der Waals surface area contributed by atoms with Crippen LogP contribution in [0.3, 0.4) is 0 Å². The van der Waals surface area contributed by atoms with Crippen LogP contribution >= 0.6 is 0 Å². The van der Waals surface area contributed by atoms with Crippen molar-refractivity contribution < 1.29 is 14.0 Å². The second-order valence-corrected chi connectivity index (χ2v) is 8.37. The molecule has 33 heavy (non-hydrogen) atoms. The highest BCUT2D eigenvalue weighted by Crippen LogP contribution is 2.28. The van der Waals surface area contributed by atoms with Crippen molar-refractivity contribution in [1.29, 1.82) is 0 Å². The Morgan fingerprint density at radius 2 is 1.70 bits per heavy atom. The Kier molecular flexibility index (Phi) is 7.03. The van der Waals surface area contributed by atoms with Gasteiger partial charge in [-0.05, 0) is 40.8 Å². The zero-order chi connectivity index (χ0) is 23.2. The lowest BCUT2D eigenvalue weighted by atomic mass is 9.97. The van der Waals surface area contributed by atoms with E-state index in [4.69, 9.17) is 0 Å². The Balaban J connectivity index is 1.45. The molecular formula is C27H28FN3O2. The van der Waals surface area contributed by atoms with Crippen LogP contribution in [0, 0.1) is 5.82 Å². The fourth-order valence-corrected chi connectivity index (χ4v) is 4.27.